The Morgan fingerprint density at radius 3 is 2.72 bits per heavy atom. The summed E-state index contributed by atoms with van der Waals surface area (Å²) in [5.41, 5.74) is -0.112. The fraction of sp³-hybridized carbons (Fsp3) is 0.929. The van der Waals surface area contributed by atoms with Crippen LogP contribution in [-0.2, 0) is 9.53 Å². The molecule has 1 heterocycles. The summed E-state index contributed by atoms with van der Waals surface area (Å²) in [6, 6.07) is 0. The van der Waals surface area contributed by atoms with E-state index in [1.165, 1.54) is 12.8 Å². The van der Waals surface area contributed by atoms with Crippen molar-refractivity contribution >= 4 is 5.91 Å². The number of nitrogens with zero attached hydrogens (tertiary/aromatic N) is 1. The van der Waals surface area contributed by atoms with E-state index in [0.29, 0.717) is 12.6 Å². The van der Waals surface area contributed by atoms with E-state index < -0.39 is 0 Å². The highest BCUT2D eigenvalue weighted by molar-refractivity contribution is 5.78. The standard InChI is InChI=1S/C14H28N2O2/c1-5-14(2,3)15-13(17)11-16(4)10-12-8-6-7-9-18-12/h12H,5-11H2,1-4H3,(H,15,17). The van der Waals surface area contributed by atoms with E-state index in [1.807, 2.05) is 7.05 Å². The normalized spacial score (nSPS) is 21.1. The van der Waals surface area contributed by atoms with Gasteiger partial charge in [-0.1, -0.05) is 6.92 Å². The third-order valence-corrected chi connectivity index (χ3v) is 3.56. The average Bonchev–Trinajstić information content (AvgIpc) is 2.29. The first-order chi connectivity index (χ1) is 8.43. The number of carbonyl (C=O) groups is 1. The number of rotatable bonds is 6. The Labute approximate surface area is 111 Å². The van der Waals surface area contributed by atoms with Gasteiger partial charge in [0, 0.05) is 18.7 Å². The number of ether oxygens (including phenoxy) is 1. The summed E-state index contributed by atoms with van der Waals surface area (Å²) in [5.74, 6) is 0.0974. The third kappa shape index (κ3) is 5.83. The lowest BCUT2D eigenvalue weighted by Gasteiger charge is -2.29. The topological polar surface area (TPSA) is 41.6 Å². The summed E-state index contributed by atoms with van der Waals surface area (Å²) in [6.07, 6.45) is 4.77. The zero-order chi connectivity index (χ0) is 13.6. The van der Waals surface area contributed by atoms with Gasteiger partial charge in [0.1, 0.15) is 0 Å². The summed E-state index contributed by atoms with van der Waals surface area (Å²) in [5, 5.41) is 3.05. The van der Waals surface area contributed by atoms with Gasteiger partial charge in [0.05, 0.1) is 12.6 Å². The molecule has 0 aromatic heterocycles. The Kier molecular flexibility index (Phi) is 6.09. The van der Waals surface area contributed by atoms with Crippen LogP contribution in [-0.4, -0.2) is 49.2 Å². The fourth-order valence-electron chi connectivity index (χ4n) is 2.11. The molecular formula is C14H28N2O2. The maximum Gasteiger partial charge on any atom is 0.234 e. The monoisotopic (exact) mass is 256 g/mol. The van der Waals surface area contributed by atoms with Gasteiger partial charge < -0.3 is 10.1 Å². The molecule has 1 rings (SSSR count). The highest BCUT2D eigenvalue weighted by Gasteiger charge is 2.20. The number of carbonyl (C=O) groups excluding carboxylic acids is 1. The molecule has 1 amide bonds. The van der Waals surface area contributed by atoms with Gasteiger partial charge in [0.15, 0.2) is 0 Å². The highest BCUT2D eigenvalue weighted by Crippen LogP contribution is 2.13. The first-order valence-corrected chi connectivity index (χ1v) is 7.04. The van der Waals surface area contributed by atoms with Crippen molar-refractivity contribution in [1.29, 1.82) is 0 Å². The SMILES string of the molecule is CCC(C)(C)NC(=O)CN(C)CC1CCCCO1. The molecule has 1 saturated heterocycles. The van der Waals surface area contributed by atoms with E-state index >= 15 is 0 Å². The quantitative estimate of drug-likeness (QED) is 0.788. The molecule has 0 aliphatic carbocycles. The van der Waals surface area contributed by atoms with Gasteiger partial charge in [-0.3, -0.25) is 9.69 Å². The first-order valence-electron chi connectivity index (χ1n) is 7.04. The Balaban J connectivity index is 2.26. The minimum absolute atomic E-state index is 0.0974. The molecule has 1 unspecified atom stereocenters. The lowest BCUT2D eigenvalue weighted by Crippen LogP contribution is -2.47. The van der Waals surface area contributed by atoms with Crippen molar-refractivity contribution in [3.63, 3.8) is 0 Å². The zero-order valence-corrected chi connectivity index (χ0v) is 12.3. The number of nitrogens with one attached hydrogen (secondary N) is 1. The number of likely N-dealkylation sites (N-methyl/N-ethyl adjacent to an activating group) is 1. The van der Waals surface area contributed by atoms with Crippen LogP contribution in [0.25, 0.3) is 0 Å². The van der Waals surface area contributed by atoms with E-state index in [0.717, 1.165) is 26.0 Å². The Bertz CT molecular complexity index is 261. The van der Waals surface area contributed by atoms with Gasteiger partial charge in [0.2, 0.25) is 5.91 Å². The third-order valence-electron chi connectivity index (χ3n) is 3.56. The van der Waals surface area contributed by atoms with E-state index in [-0.39, 0.29) is 11.4 Å². The minimum Gasteiger partial charge on any atom is -0.377 e. The predicted octanol–water partition coefficient (Wildman–Crippen LogP) is 1.79. The van der Waals surface area contributed by atoms with Crippen molar-refractivity contribution in [3.8, 4) is 0 Å². The second-order valence-corrected chi connectivity index (χ2v) is 5.97. The molecule has 0 aromatic rings. The maximum atomic E-state index is 11.9. The van der Waals surface area contributed by atoms with E-state index in [1.54, 1.807) is 0 Å². The second-order valence-electron chi connectivity index (χ2n) is 5.97. The van der Waals surface area contributed by atoms with Crippen molar-refractivity contribution in [2.24, 2.45) is 0 Å². The molecule has 1 aliphatic rings. The van der Waals surface area contributed by atoms with Gasteiger partial charge in [-0.25, -0.2) is 0 Å². The molecule has 0 saturated carbocycles. The summed E-state index contributed by atoms with van der Waals surface area (Å²) in [4.78, 5) is 13.9. The number of hydrogen-bond acceptors (Lipinski definition) is 3. The molecule has 0 bridgehead atoms. The highest BCUT2D eigenvalue weighted by atomic mass is 16.5. The van der Waals surface area contributed by atoms with Crippen molar-refractivity contribution < 1.29 is 9.53 Å². The summed E-state index contributed by atoms with van der Waals surface area (Å²) < 4.78 is 5.68. The molecule has 1 N–H and O–H groups in total. The molecule has 4 nitrogen and oxygen atoms in total. The van der Waals surface area contributed by atoms with Gasteiger partial charge in [-0.05, 0) is 46.6 Å². The predicted molar refractivity (Wildman–Crippen MR) is 73.6 cm³/mol. The number of hydrogen-bond donors (Lipinski definition) is 1. The molecule has 18 heavy (non-hydrogen) atoms. The van der Waals surface area contributed by atoms with Gasteiger partial charge >= 0.3 is 0 Å². The van der Waals surface area contributed by atoms with E-state index in [4.69, 9.17) is 4.74 Å². The minimum atomic E-state index is -0.112. The molecule has 0 spiro atoms. The van der Waals surface area contributed by atoms with Crippen LogP contribution in [0.5, 0.6) is 0 Å². The molecule has 106 valence electrons. The largest absolute Gasteiger partial charge is 0.377 e. The van der Waals surface area contributed by atoms with Crippen molar-refractivity contribution in [2.75, 3.05) is 26.7 Å². The maximum absolute atomic E-state index is 11.9. The lowest BCUT2D eigenvalue weighted by molar-refractivity contribution is -0.124. The van der Waals surface area contributed by atoms with E-state index in [9.17, 15) is 4.79 Å². The summed E-state index contributed by atoms with van der Waals surface area (Å²) in [6.45, 7) is 8.35. The van der Waals surface area contributed by atoms with E-state index in [2.05, 4.69) is 31.0 Å². The van der Waals surface area contributed by atoms with Crippen LogP contribution < -0.4 is 5.32 Å². The second kappa shape index (κ2) is 7.10. The van der Waals surface area contributed by atoms with Crippen LogP contribution >= 0.6 is 0 Å². The fourth-order valence-corrected chi connectivity index (χ4v) is 2.11. The van der Waals surface area contributed by atoms with Crippen LogP contribution in [0.4, 0.5) is 0 Å². The molecule has 0 radical (unpaired) electrons. The van der Waals surface area contributed by atoms with Crippen molar-refractivity contribution in [3.05, 3.63) is 0 Å². The molecule has 1 fully saturated rings. The van der Waals surface area contributed by atoms with Crippen LogP contribution in [0.3, 0.4) is 0 Å². The van der Waals surface area contributed by atoms with Gasteiger partial charge in [-0.2, -0.15) is 0 Å². The van der Waals surface area contributed by atoms with Crippen LogP contribution in [0, 0.1) is 0 Å². The Hall–Kier alpha value is -0.610. The molecular weight excluding hydrogens is 228 g/mol. The molecule has 1 atom stereocenters. The van der Waals surface area contributed by atoms with Crippen LogP contribution in [0.1, 0.15) is 46.5 Å². The zero-order valence-electron chi connectivity index (χ0n) is 12.3. The molecule has 0 aromatic carbocycles. The van der Waals surface area contributed by atoms with Crippen molar-refractivity contribution in [2.45, 2.75) is 58.1 Å². The van der Waals surface area contributed by atoms with Crippen LogP contribution in [0.2, 0.25) is 0 Å². The van der Waals surface area contributed by atoms with Gasteiger partial charge in [-0.15, -0.1) is 0 Å². The van der Waals surface area contributed by atoms with Crippen molar-refractivity contribution in [1.82, 2.24) is 10.2 Å². The smallest absolute Gasteiger partial charge is 0.234 e. The summed E-state index contributed by atoms with van der Waals surface area (Å²) in [7, 11) is 1.98. The summed E-state index contributed by atoms with van der Waals surface area (Å²) >= 11 is 0. The van der Waals surface area contributed by atoms with Gasteiger partial charge in [0.25, 0.3) is 0 Å². The Morgan fingerprint density at radius 2 is 2.17 bits per heavy atom. The number of amides is 1. The average molecular weight is 256 g/mol. The molecule has 4 heteroatoms. The Morgan fingerprint density at radius 1 is 1.44 bits per heavy atom. The van der Waals surface area contributed by atoms with Crippen LogP contribution in [0.15, 0.2) is 0 Å². The first kappa shape index (κ1) is 15.4. The lowest BCUT2D eigenvalue weighted by atomic mass is 10.0. The molecule has 1 aliphatic heterocycles.